The molecule has 114 valence electrons. The van der Waals surface area contributed by atoms with Gasteiger partial charge in [-0.1, -0.05) is 45.8 Å². The van der Waals surface area contributed by atoms with E-state index >= 15 is 0 Å². The van der Waals surface area contributed by atoms with E-state index in [4.69, 9.17) is 0 Å². The van der Waals surface area contributed by atoms with Crippen molar-refractivity contribution in [3.63, 3.8) is 0 Å². The monoisotopic (exact) mass is 359 g/mol. The molecule has 4 nitrogen and oxygen atoms in total. The normalized spacial score (nSPS) is 11.1. The zero-order chi connectivity index (χ0) is 15.9. The van der Waals surface area contributed by atoms with Crippen molar-refractivity contribution in [3.05, 3.63) is 64.1 Å². The Morgan fingerprint density at radius 3 is 2.59 bits per heavy atom. The van der Waals surface area contributed by atoms with Gasteiger partial charge in [-0.15, -0.1) is 0 Å². The first kappa shape index (κ1) is 16.2. The van der Waals surface area contributed by atoms with Gasteiger partial charge in [0.15, 0.2) is 0 Å². The lowest BCUT2D eigenvalue weighted by Crippen LogP contribution is -2.26. The van der Waals surface area contributed by atoms with Gasteiger partial charge in [0.25, 0.3) is 5.91 Å². The van der Waals surface area contributed by atoms with Crippen LogP contribution in [-0.2, 0) is 4.79 Å². The maximum Gasteiger partial charge on any atom is 0.259 e. The van der Waals surface area contributed by atoms with Gasteiger partial charge in [-0.25, -0.2) is 5.43 Å². The molecule has 1 amide bonds. The molecule has 0 spiro atoms. The third-order valence-corrected chi connectivity index (χ3v) is 3.59. The maximum absolute atomic E-state index is 11.8. The van der Waals surface area contributed by atoms with Crippen LogP contribution in [0.25, 0.3) is 0 Å². The van der Waals surface area contributed by atoms with Crippen LogP contribution in [0.2, 0.25) is 0 Å². The Morgan fingerprint density at radius 1 is 1.18 bits per heavy atom. The van der Waals surface area contributed by atoms with Crippen LogP contribution in [0.3, 0.4) is 0 Å². The van der Waals surface area contributed by atoms with E-state index in [2.05, 4.69) is 31.8 Å². The molecule has 5 heteroatoms. The minimum Gasteiger partial charge on any atom is -0.376 e. The van der Waals surface area contributed by atoms with Gasteiger partial charge in [0.1, 0.15) is 0 Å². The van der Waals surface area contributed by atoms with Crippen molar-refractivity contribution >= 4 is 33.2 Å². The second-order valence-corrected chi connectivity index (χ2v) is 5.88. The number of hydrogen-bond donors (Lipinski definition) is 2. The summed E-state index contributed by atoms with van der Waals surface area (Å²) in [5.74, 6) is -0.185. The van der Waals surface area contributed by atoms with Crippen LogP contribution in [0.4, 0.5) is 5.69 Å². The summed E-state index contributed by atoms with van der Waals surface area (Å²) in [4.78, 5) is 11.8. The number of carbonyl (C=O) groups is 1. The highest BCUT2D eigenvalue weighted by Crippen LogP contribution is 2.12. The molecule has 0 atom stereocenters. The smallest absolute Gasteiger partial charge is 0.259 e. The van der Waals surface area contributed by atoms with Gasteiger partial charge in [0.2, 0.25) is 0 Å². The second kappa shape index (κ2) is 7.75. The molecule has 22 heavy (non-hydrogen) atoms. The molecule has 0 radical (unpaired) electrons. The molecule has 0 aliphatic heterocycles. The maximum atomic E-state index is 11.8. The number of carbonyl (C=O) groups excluding carboxylic acids is 1. The number of halogens is 1. The van der Waals surface area contributed by atoms with E-state index in [0.717, 1.165) is 21.4 Å². The first-order chi connectivity index (χ1) is 10.5. The minimum atomic E-state index is -0.185. The highest BCUT2D eigenvalue weighted by atomic mass is 79.9. The topological polar surface area (TPSA) is 53.5 Å². The number of nitrogens with zero attached hydrogens (tertiary/aromatic N) is 1. The number of benzene rings is 2. The zero-order valence-corrected chi connectivity index (χ0v) is 14.1. The third kappa shape index (κ3) is 5.00. The molecule has 0 aliphatic rings. The number of nitrogens with one attached hydrogen (secondary N) is 2. The third-order valence-electron chi connectivity index (χ3n) is 3.10. The Kier molecular flexibility index (Phi) is 5.72. The van der Waals surface area contributed by atoms with Crippen molar-refractivity contribution in [2.75, 3.05) is 11.9 Å². The van der Waals surface area contributed by atoms with Crippen LogP contribution in [0.5, 0.6) is 0 Å². The molecule has 0 heterocycles. The molecule has 0 saturated carbocycles. The Bertz CT molecular complexity index is 681. The molecular weight excluding hydrogens is 342 g/mol. The lowest BCUT2D eigenvalue weighted by Gasteiger charge is -2.06. The van der Waals surface area contributed by atoms with Crippen LogP contribution in [-0.4, -0.2) is 18.2 Å². The molecule has 0 fully saturated rings. The van der Waals surface area contributed by atoms with Gasteiger partial charge in [-0.3, -0.25) is 4.79 Å². The molecule has 0 aliphatic carbocycles. The lowest BCUT2D eigenvalue weighted by atomic mass is 10.1. The van der Waals surface area contributed by atoms with Gasteiger partial charge in [0.05, 0.1) is 12.3 Å². The summed E-state index contributed by atoms with van der Waals surface area (Å²) < 4.78 is 0.979. The average Bonchev–Trinajstić information content (AvgIpc) is 2.52. The molecule has 2 aromatic carbocycles. The van der Waals surface area contributed by atoms with Crippen molar-refractivity contribution in [2.45, 2.75) is 13.8 Å². The van der Waals surface area contributed by atoms with Gasteiger partial charge in [-0.05, 0) is 43.7 Å². The van der Waals surface area contributed by atoms with Gasteiger partial charge in [-0.2, -0.15) is 5.10 Å². The fraction of sp³-hybridized carbons (Fsp3) is 0.176. The summed E-state index contributed by atoms with van der Waals surface area (Å²) in [5, 5.41) is 7.17. The fourth-order valence-electron chi connectivity index (χ4n) is 1.82. The molecule has 2 rings (SSSR count). The lowest BCUT2D eigenvalue weighted by molar-refractivity contribution is -0.119. The molecule has 2 aromatic rings. The highest BCUT2D eigenvalue weighted by molar-refractivity contribution is 9.10. The zero-order valence-electron chi connectivity index (χ0n) is 12.6. The predicted octanol–water partition coefficient (Wildman–Crippen LogP) is 3.71. The molecule has 0 bridgehead atoms. The second-order valence-electron chi connectivity index (χ2n) is 4.96. The van der Waals surface area contributed by atoms with E-state index in [-0.39, 0.29) is 12.5 Å². The summed E-state index contributed by atoms with van der Waals surface area (Å²) in [6.07, 6.45) is 0. The van der Waals surface area contributed by atoms with Gasteiger partial charge >= 0.3 is 0 Å². The number of hydrazone groups is 1. The molecule has 0 aromatic heterocycles. The quantitative estimate of drug-likeness (QED) is 0.631. The fourth-order valence-corrected chi connectivity index (χ4v) is 2.22. The largest absolute Gasteiger partial charge is 0.376 e. The van der Waals surface area contributed by atoms with E-state index in [9.17, 15) is 4.79 Å². The summed E-state index contributed by atoms with van der Waals surface area (Å²) in [7, 11) is 0. The average molecular weight is 360 g/mol. The Morgan fingerprint density at radius 2 is 1.91 bits per heavy atom. The minimum absolute atomic E-state index is 0.179. The SMILES string of the molecule is CC(=NNC(=O)CNc1ccc(C)cc1)c1cccc(Br)c1. The van der Waals surface area contributed by atoms with Crippen LogP contribution in [0.15, 0.2) is 58.1 Å². The van der Waals surface area contributed by atoms with Crippen LogP contribution in [0.1, 0.15) is 18.1 Å². The van der Waals surface area contributed by atoms with Crippen LogP contribution < -0.4 is 10.7 Å². The summed E-state index contributed by atoms with van der Waals surface area (Å²) in [6, 6.07) is 15.7. The molecule has 0 unspecified atom stereocenters. The Hall–Kier alpha value is -2.14. The summed E-state index contributed by atoms with van der Waals surface area (Å²) >= 11 is 3.41. The molecule has 2 N–H and O–H groups in total. The Balaban J connectivity index is 1.86. The van der Waals surface area contributed by atoms with E-state index in [1.165, 1.54) is 5.56 Å². The van der Waals surface area contributed by atoms with E-state index < -0.39 is 0 Å². The van der Waals surface area contributed by atoms with Crippen molar-refractivity contribution in [1.29, 1.82) is 0 Å². The van der Waals surface area contributed by atoms with Gasteiger partial charge in [0, 0.05) is 10.2 Å². The van der Waals surface area contributed by atoms with Crippen LogP contribution in [0, 0.1) is 6.92 Å². The number of rotatable bonds is 5. The summed E-state index contributed by atoms with van der Waals surface area (Å²) in [5.41, 5.74) is 6.36. The van der Waals surface area contributed by atoms with Crippen molar-refractivity contribution < 1.29 is 4.79 Å². The molecule has 0 saturated heterocycles. The van der Waals surface area contributed by atoms with E-state index in [1.54, 1.807) is 0 Å². The first-order valence-electron chi connectivity index (χ1n) is 6.94. The number of anilines is 1. The van der Waals surface area contributed by atoms with Crippen molar-refractivity contribution in [3.8, 4) is 0 Å². The van der Waals surface area contributed by atoms with Gasteiger partial charge < -0.3 is 5.32 Å². The highest BCUT2D eigenvalue weighted by Gasteiger charge is 2.02. The number of amides is 1. The summed E-state index contributed by atoms with van der Waals surface area (Å²) in [6.45, 7) is 4.06. The predicted molar refractivity (Wildman–Crippen MR) is 94.2 cm³/mol. The van der Waals surface area contributed by atoms with Crippen molar-refractivity contribution in [2.24, 2.45) is 5.10 Å². The molecular formula is C17H18BrN3O. The van der Waals surface area contributed by atoms with Crippen molar-refractivity contribution in [1.82, 2.24) is 5.43 Å². The first-order valence-corrected chi connectivity index (χ1v) is 7.73. The Labute approximate surface area is 138 Å². The number of hydrogen-bond acceptors (Lipinski definition) is 3. The van der Waals surface area contributed by atoms with Crippen LogP contribution >= 0.6 is 15.9 Å². The number of aryl methyl sites for hydroxylation is 1. The van der Waals surface area contributed by atoms with E-state index in [1.807, 2.05) is 62.4 Å². The van der Waals surface area contributed by atoms with E-state index in [0.29, 0.717) is 0 Å². The standard InChI is InChI=1S/C17H18BrN3O/c1-12-6-8-16(9-7-12)19-11-17(22)21-20-13(2)14-4-3-5-15(18)10-14/h3-10,19H,11H2,1-2H3,(H,21,22).